The lowest BCUT2D eigenvalue weighted by atomic mass is 9.92. The molecule has 0 saturated heterocycles. The van der Waals surface area contributed by atoms with Gasteiger partial charge in [-0.3, -0.25) is 0 Å². The highest BCUT2D eigenvalue weighted by Crippen LogP contribution is 2.39. The molecule has 0 radical (unpaired) electrons. The number of fused-ring (bicyclic) bond motifs is 1. The van der Waals surface area contributed by atoms with E-state index >= 15 is 0 Å². The smallest absolute Gasteiger partial charge is 0.337 e. The molecule has 0 saturated carbocycles. The molecule has 0 amide bonds. The molecule has 0 unspecified atom stereocenters. The fourth-order valence-electron chi connectivity index (χ4n) is 4.08. The molecule has 5 nitrogen and oxygen atoms in total. The molecular weight excluding hydrogens is 438 g/mol. The largest absolute Gasteiger partial charge is 0.479 e. The van der Waals surface area contributed by atoms with E-state index in [1.54, 1.807) is 52.0 Å². The SMILES string of the molecule is Cc1nc2c(ccn2Cc2ccc(F)cc2)c(-c2ccc(F)cc2)c1[C@H](OC(C)(C)C)C(=O)O. The fourth-order valence-corrected chi connectivity index (χ4v) is 4.08. The van der Waals surface area contributed by atoms with Gasteiger partial charge >= 0.3 is 5.97 Å². The summed E-state index contributed by atoms with van der Waals surface area (Å²) >= 11 is 0. The number of rotatable bonds is 6. The Bertz CT molecular complexity index is 1340. The van der Waals surface area contributed by atoms with Crippen molar-refractivity contribution in [3.8, 4) is 11.1 Å². The van der Waals surface area contributed by atoms with Crippen molar-refractivity contribution < 1.29 is 23.4 Å². The highest BCUT2D eigenvalue weighted by Gasteiger charge is 2.32. The number of aryl methyl sites for hydroxylation is 1. The van der Waals surface area contributed by atoms with Crippen LogP contribution in [0.2, 0.25) is 0 Å². The molecule has 34 heavy (non-hydrogen) atoms. The predicted octanol–water partition coefficient (Wildman–Crippen LogP) is 6.28. The Balaban J connectivity index is 1.95. The van der Waals surface area contributed by atoms with Gasteiger partial charge in [0.2, 0.25) is 0 Å². The number of halogens is 2. The van der Waals surface area contributed by atoms with Crippen molar-refractivity contribution in [2.45, 2.75) is 45.9 Å². The Morgan fingerprint density at radius 2 is 1.62 bits per heavy atom. The van der Waals surface area contributed by atoms with E-state index in [1.165, 1.54) is 24.3 Å². The molecule has 1 atom stereocenters. The summed E-state index contributed by atoms with van der Waals surface area (Å²) in [6.45, 7) is 7.58. The average molecular weight is 465 g/mol. The highest BCUT2D eigenvalue weighted by molar-refractivity contribution is 5.97. The zero-order chi connectivity index (χ0) is 24.6. The third-order valence-electron chi connectivity index (χ3n) is 5.49. The van der Waals surface area contributed by atoms with E-state index in [4.69, 9.17) is 9.72 Å². The fraction of sp³-hybridized carbons (Fsp3) is 0.259. The van der Waals surface area contributed by atoms with Crippen molar-refractivity contribution in [2.75, 3.05) is 0 Å². The van der Waals surface area contributed by atoms with Gasteiger partial charge in [-0.05, 0) is 69.2 Å². The first-order chi connectivity index (χ1) is 16.0. The minimum Gasteiger partial charge on any atom is -0.479 e. The number of pyridine rings is 1. The number of nitrogens with zero attached hydrogens (tertiary/aromatic N) is 2. The Hall–Kier alpha value is -3.58. The van der Waals surface area contributed by atoms with E-state index in [1.807, 2.05) is 16.8 Å². The van der Waals surface area contributed by atoms with Crippen molar-refractivity contribution >= 4 is 17.0 Å². The maximum Gasteiger partial charge on any atom is 0.337 e. The first-order valence-electron chi connectivity index (χ1n) is 10.9. The number of carbonyl (C=O) groups is 1. The van der Waals surface area contributed by atoms with Crippen molar-refractivity contribution in [1.29, 1.82) is 0 Å². The number of ether oxygens (including phenoxy) is 1. The van der Waals surface area contributed by atoms with Crippen LogP contribution >= 0.6 is 0 Å². The van der Waals surface area contributed by atoms with Gasteiger partial charge in [-0.1, -0.05) is 24.3 Å². The van der Waals surface area contributed by atoms with Crippen LogP contribution in [0.4, 0.5) is 8.78 Å². The minimum absolute atomic E-state index is 0.308. The molecule has 0 fully saturated rings. The van der Waals surface area contributed by atoms with Gasteiger partial charge in [0.25, 0.3) is 0 Å². The monoisotopic (exact) mass is 464 g/mol. The van der Waals surface area contributed by atoms with Gasteiger partial charge in [0.05, 0.1) is 5.60 Å². The summed E-state index contributed by atoms with van der Waals surface area (Å²) in [5, 5.41) is 10.8. The summed E-state index contributed by atoms with van der Waals surface area (Å²) in [5.74, 6) is -1.83. The Labute approximate surface area is 196 Å². The molecule has 4 aromatic rings. The van der Waals surface area contributed by atoms with E-state index in [9.17, 15) is 18.7 Å². The number of aliphatic carboxylic acids is 1. The normalized spacial score (nSPS) is 12.8. The van der Waals surface area contributed by atoms with Crippen LogP contribution in [-0.4, -0.2) is 26.2 Å². The molecule has 0 aliphatic rings. The molecule has 176 valence electrons. The van der Waals surface area contributed by atoms with Crippen molar-refractivity contribution in [2.24, 2.45) is 0 Å². The lowest BCUT2D eigenvalue weighted by Gasteiger charge is -2.28. The second kappa shape index (κ2) is 8.99. The number of benzene rings is 2. The van der Waals surface area contributed by atoms with Gasteiger partial charge in [-0.15, -0.1) is 0 Å². The second-order valence-electron chi connectivity index (χ2n) is 9.25. The van der Waals surface area contributed by atoms with Gasteiger partial charge in [-0.2, -0.15) is 0 Å². The predicted molar refractivity (Wildman–Crippen MR) is 127 cm³/mol. The molecule has 0 aliphatic heterocycles. The first-order valence-corrected chi connectivity index (χ1v) is 10.9. The van der Waals surface area contributed by atoms with Crippen LogP contribution in [0.1, 0.15) is 43.7 Å². The Morgan fingerprint density at radius 3 is 2.18 bits per heavy atom. The van der Waals surface area contributed by atoms with Crippen LogP contribution in [0.3, 0.4) is 0 Å². The number of carboxylic acids is 1. The summed E-state index contributed by atoms with van der Waals surface area (Å²) in [5.41, 5.74) is 3.05. The van der Waals surface area contributed by atoms with Crippen molar-refractivity contribution in [3.05, 3.63) is 89.2 Å². The van der Waals surface area contributed by atoms with Gasteiger partial charge < -0.3 is 14.4 Å². The maximum absolute atomic E-state index is 13.7. The zero-order valence-electron chi connectivity index (χ0n) is 19.5. The van der Waals surface area contributed by atoms with Crippen LogP contribution in [0, 0.1) is 18.6 Å². The number of aromatic nitrogens is 2. The Kier molecular flexibility index (Phi) is 6.23. The second-order valence-corrected chi connectivity index (χ2v) is 9.25. The third-order valence-corrected chi connectivity index (χ3v) is 5.49. The van der Waals surface area contributed by atoms with Gasteiger partial charge in [0.15, 0.2) is 6.10 Å². The van der Waals surface area contributed by atoms with Gasteiger partial charge in [0, 0.05) is 34.9 Å². The van der Waals surface area contributed by atoms with Crippen LogP contribution < -0.4 is 0 Å². The summed E-state index contributed by atoms with van der Waals surface area (Å²) < 4.78 is 34.9. The Morgan fingerprint density at radius 1 is 1.03 bits per heavy atom. The lowest BCUT2D eigenvalue weighted by Crippen LogP contribution is -2.28. The van der Waals surface area contributed by atoms with Crippen molar-refractivity contribution in [1.82, 2.24) is 9.55 Å². The number of hydrogen-bond donors (Lipinski definition) is 1. The van der Waals surface area contributed by atoms with Crippen LogP contribution in [0.25, 0.3) is 22.2 Å². The van der Waals surface area contributed by atoms with E-state index in [0.717, 1.165) is 10.9 Å². The summed E-state index contributed by atoms with van der Waals surface area (Å²) in [6, 6.07) is 14.0. The zero-order valence-corrected chi connectivity index (χ0v) is 19.5. The molecule has 2 aromatic carbocycles. The molecule has 0 spiro atoms. The van der Waals surface area contributed by atoms with Crippen LogP contribution in [-0.2, 0) is 16.1 Å². The standard InChI is InChI=1S/C27H26F2N2O3/c1-16-22(24(26(32)33)34-27(2,3)4)23(18-7-11-20(29)12-8-18)21-13-14-31(25(21)30-16)15-17-5-9-19(28)10-6-17/h5-14,24H,15H2,1-4H3,(H,32,33)/t24-/m0/s1. The average Bonchev–Trinajstić information content (AvgIpc) is 3.15. The van der Waals surface area contributed by atoms with Gasteiger partial charge in [-0.25, -0.2) is 18.6 Å². The number of hydrogen-bond acceptors (Lipinski definition) is 3. The van der Waals surface area contributed by atoms with Crippen LogP contribution in [0.15, 0.2) is 60.8 Å². The van der Waals surface area contributed by atoms with Crippen LogP contribution in [0.5, 0.6) is 0 Å². The molecular formula is C27H26F2N2O3. The third kappa shape index (κ3) is 4.84. The van der Waals surface area contributed by atoms with E-state index in [-0.39, 0.29) is 11.6 Å². The molecule has 0 bridgehead atoms. The summed E-state index contributed by atoms with van der Waals surface area (Å²) in [4.78, 5) is 17.1. The minimum atomic E-state index is -1.27. The van der Waals surface area contributed by atoms with E-state index < -0.39 is 17.7 Å². The molecule has 1 N–H and O–H groups in total. The quantitative estimate of drug-likeness (QED) is 0.365. The van der Waals surface area contributed by atoms with Gasteiger partial charge in [0.1, 0.15) is 17.3 Å². The molecule has 4 rings (SSSR count). The topological polar surface area (TPSA) is 64.4 Å². The molecule has 0 aliphatic carbocycles. The number of carboxylic acid groups (broad SMARTS) is 1. The first kappa shape index (κ1) is 23.6. The molecule has 2 aromatic heterocycles. The molecule has 7 heteroatoms. The lowest BCUT2D eigenvalue weighted by molar-refractivity contribution is -0.160. The maximum atomic E-state index is 13.7. The van der Waals surface area contributed by atoms with Crippen molar-refractivity contribution in [3.63, 3.8) is 0 Å². The summed E-state index contributed by atoms with van der Waals surface area (Å²) in [6.07, 6.45) is 0.592. The van der Waals surface area contributed by atoms with E-state index in [2.05, 4.69) is 0 Å². The summed E-state index contributed by atoms with van der Waals surface area (Å²) in [7, 11) is 0. The highest BCUT2D eigenvalue weighted by atomic mass is 19.1. The van der Waals surface area contributed by atoms with E-state index in [0.29, 0.717) is 34.6 Å². The molecule has 2 heterocycles.